The van der Waals surface area contributed by atoms with Gasteiger partial charge < -0.3 is 14.9 Å². The number of hydrogen-bond donors (Lipinski definition) is 2. The van der Waals surface area contributed by atoms with E-state index in [9.17, 15) is 9.90 Å². The van der Waals surface area contributed by atoms with Crippen molar-refractivity contribution in [3.8, 4) is 0 Å². The number of hydrogen-bond acceptors (Lipinski definition) is 3. The fraction of sp³-hybridized carbons (Fsp3) is 0.917. The van der Waals surface area contributed by atoms with E-state index in [4.69, 9.17) is 9.84 Å². The van der Waals surface area contributed by atoms with Crippen LogP contribution in [0.5, 0.6) is 0 Å². The standard InChI is InChI=1S/C12H17IO4/c13-10-1-8-2-11(16,5-10)7-12(3-8,6-10)17-4-9(14)15/h8,16H,1-7H2,(H,14,15). The molecule has 4 atom stereocenters. The number of halogens is 1. The van der Waals surface area contributed by atoms with Crippen LogP contribution in [-0.4, -0.2) is 37.4 Å². The molecule has 0 radical (unpaired) electrons. The number of ether oxygens (including phenoxy) is 1. The van der Waals surface area contributed by atoms with Crippen molar-refractivity contribution in [2.45, 2.75) is 53.1 Å². The monoisotopic (exact) mass is 352 g/mol. The van der Waals surface area contributed by atoms with E-state index in [0.717, 1.165) is 32.1 Å². The Morgan fingerprint density at radius 3 is 2.65 bits per heavy atom. The zero-order valence-electron chi connectivity index (χ0n) is 9.62. The minimum atomic E-state index is -0.921. The third-order valence-electron chi connectivity index (χ3n) is 4.42. The van der Waals surface area contributed by atoms with Gasteiger partial charge in [-0.3, -0.25) is 0 Å². The molecule has 4 fully saturated rings. The first-order chi connectivity index (χ1) is 7.82. The van der Waals surface area contributed by atoms with Gasteiger partial charge in [-0.2, -0.15) is 0 Å². The van der Waals surface area contributed by atoms with Crippen molar-refractivity contribution < 1.29 is 19.7 Å². The zero-order valence-corrected chi connectivity index (χ0v) is 11.8. The molecule has 0 aliphatic heterocycles. The molecule has 0 spiro atoms. The summed E-state index contributed by atoms with van der Waals surface area (Å²) in [6.45, 7) is -0.241. The van der Waals surface area contributed by atoms with Gasteiger partial charge >= 0.3 is 5.97 Å². The molecule has 96 valence electrons. The molecule has 4 nitrogen and oxygen atoms in total. The Labute approximate surface area is 114 Å². The van der Waals surface area contributed by atoms with E-state index in [-0.39, 0.29) is 15.6 Å². The van der Waals surface area contributed by atoms with Gasteiger partial charge in [-0.15, -0.1) is 0 Å². The first kappa shape index (κ1) is 12.2. The lowest BCUT2D eigenvalue weighted by Gasteiger charge is -2.62. The maximum atomic E-state index is 10.7. The van der Waals surface area contributed by atoms with Gasteiger partial charge in [0.15, 0.2) is 0 Å². The Balaban J connectivity index is 1.84. The topological polar surface area (TPSA) is 66.8 Å². The minimum Gasteiger partial charge on any atom is -0.480 e. The average molecular weight is 352 g/mol. The van der Waals surface area contributed by atoms with Gasteiger partial charge in [0.1, 0.15) is 6.61 Å². The van der Waals surface area contributed by atoms with E-state index in [2.05, 4.69) is 22.6 Å². The van der Waals surface area contributed by atoms with Gasteiger partial charge in [0, 0.05) is 9.84 Å². The van der Waals surface area contributed by atoms with Crippen LogP contribution >= 0.6 is 22.6 Å². The summed E-state index contributed by atoms with van der Waals surface area (Å²) in [5.74, 6) is -0.419. The summed E-state index contributed by atoms with van der Waals surface area (Å²) in [4.78, 5) is 10.7. The molecular weight excluding hydrogens is 335 g/mol. The predicted molar refractivity (Wildman–Crippen MR) is 69.2 cm³/mol. The Morgan fingerprint density at radius 2 is 2.06 bits per heavy atom. The van der Waals surface area contributed by atoms with Crippen LogP contribution in [0.1, 0.15) is 38.5 Å². The second kappa shape index (κ2) is 3.57. The highest BCUT2D eigenvalue weighted by atomic mass is 127. The zero-order chi connectivity index (χ0) is 12.3. The smallest absolute Gasteiger partial charge is 0.329 e. The molecule has 4 bridgehead atoms. The van der Waals surface area contributed by atoms with Crippen LogP contribution in [-0.2, 0) is 9.53 Å². The molecular formula is C12H17IO4. The molecule has 0 aromatic rings. The normalized spacial score (nSPS) is 51.8. The third-order valence-corrected chi connectivity index (χ3v) is 5.62. The van der Waals surface area contributed by atoms with Crippen LogP contribution in [0.25, 0.3) is 0 Å². The van der Waals surface area contributed by atoms with E-state index < -0.39 is 11.6 Å². The van der Waals surface area contributed by atoms with Crippen molar-refractivity contribution in [3.05, 3.63) is 0 Å². The van der Waals surface area contributed by atoms with Crippen LogP contribution in [0.2, 0.25) is 0 Å². The predicted octanol–water partition coefficient (Wildman–Crippen LogP) is 1.73. The Kier molecular flexibility index (Phi) is 2.56. The number of aliphatic carboxylic acids is 1. The molecule has 4 rings (SSSR count). The number of aliphatic hydroxyl groups is 1. The lowest BCUT2D eigenvalue weighted by Crippen LogP contribution is -2.64. The summed E-state index contributed by atoms with van der Waals surface area (Å²) in [6.07, 6.45) is 5.30. The third kappa shape index (κ3) is 2.10. The molecule has 5 heteroatoms. The summed E-state index contributed by atoms with van der Waals surface area (Å²) < 4.78 is 5.79. The summed E-state index contributed by atoms with van der Waals surface area (Å²) in [6, 6.07) is 0. The Hall–Kier alpha value is 0.120. The molecule has 0 aromatic carbocycles. The van der Waals surface area contributed by atoms with Crippen molar-refractivity contribution in [2.24, 2.45) is 5.92 Å². The van der Waals surface area contributed by atoms with Gasteiger partial charge in [-0.05, 0) is 38.0 Å². The highest BCUT2D eigenvalue weighted by Crippen LogP contribution is 2.63. The maximum Gasteiger partial charge on any atom is 0.329 e. The van der Waals surface area contributed by atoms with Crippen LogP contribution in [0.4, 0.5) is 0 Å². The van der Waals surface area contributed by atoms with Crippen LogP contribution < -0.4 is 0 Å². The molecule has 17 heavy (non-hydrogen) atoms. The van der Waals surface area contributed by atoms with E-state index in [1.807, 2.05) is 0 Å². The molecule has 0 aromatic heterocycles. The van der Waals surface area contributed by atoms with Crippen molar-refractivity contribution >= 4 is 28.6 Å². The van der Waals surface area contributed by atoms with Crippen LogP contribution in [0, 0.1) is 5.92 Å². The van der Waals surface area contributed by atoms with E-state index in [1.165, 1.54) is 0 Å². The van der Waals surface area contributed by atoms with Crippen LogP contribution in [0.15, 0.2) is 0 Å². The molecule has 4 saturated carbocycles. The van der Waals surface area contributed by atoms with E-state index in [0.29, 0.717) is 12.3 Å². The van der Waals surface area contributed by atoms with Crippen molar-refractivity contribution in [3.63, 3.8) is 0 Å². The summed E-state index contributed by atoms with van der Waals surface area (Å²) in [7, 11) is 0. The number of alkyl halides is 1. The average Bonchev–Trinajstić information content (AvgIpc) is 2.08. The first-order valence-corrected chi connectivity index (χ1v) is 7.17. The highest BCUT2D eigenvalue weighted by Gasteiger charge is 2.63. The number of carbonyl (C=O) groups is 1. The number of carboxylic acids is 1. The van der Waals surface area contributed by atoms with Gasteiger partial charge in [0.2, 0.25) is 0 Å². The summed E-state index contributed by atoms with van der Waals surface area (Å²) in [5.41, 5.74) is -0.993. The number of rotatable bonds is 3. The van der Waals surface area contributed by atoms with Crippen molar-refractivity contribution in [2.75, 3.05) is 6.61 Å². The molecule has 4 unspecified atom stereocenters. The highest BCUT2D eigenvalue weighted by molar-refractivity contribution is 14.1. The van der Waals surface area contributed by atoms with E-state index in [1.54, 1.807) is 0 Å². The summed E-state index contributed by atoms with van der Waals surface area (Å²) >= 11 is 2.46. The lowest BCUT2D eigenvalue weighted by molar-refractivity contribution is -0.212. The fourth-order valence-electron chi connectivity index (χ4n) is 4.56. The fourth-order valence-corrected chi connectivity index (χ4v) is 6.59. The molecule has 0 saturated heterocycles. The van der Waals surface area contributed by atoms with Gasteiger partial charge in [0.25, 0.3) is 0 Å². The molecule has 4 aliphatic rings. The first-order valence-electron chi connectivity index (χ1n) is 6.09. The van der Waals surface area contributed by atoms with Crippen molar-refractivity contribution in [1.82, 2.24) is 0 Å². The van der Waals surface area contributed by atoms with E-state index >= 15 is 0 Å². The Morgan fingerprint density at radius 1 is 1.29 bits per heavy atom. The SMILES string of the molecule is O=C(O)COC12CC3CC(O)(CC(I)(C3)C1)C2. The Bertz CT molecular complexity index is 352. The largest absolute Gasteiger partial charge is 0.480 e. The van der Waals surface area contributed by atoms with Gasteiger partial charge in [0.05, 0.1) is 11.2 Å². The maximum absolute atomic E-state index is 10.7. The van der Waals surface area contributed by atoms with Crippen molar-refractivity contribution in [1.29, 1.82) is 0 Å². The van der Waals surface area contributed by atoms with Gasteiger partial charge in [-0.25, -0.2) is 4.79 Å². The second-order valence-electron chi connectivity index (χ2n) is 6.25. The van der Waals surface area contributed by atoms with Crippen LogP contribution in [0.3, 0.4) is 0 Å². The molecule has 2 N–H and O–H groups in total. The van der Waals surface area contributed by atoms with Gasteiger partial charge in [-0.1, -0.05) is 22.6 Å². The molecule has 4 aliphatic carbocycles. The minimum absolute atomic E-state index is 0.116. The summed E-state index contributed by atoms with van der Waals surface area (Å²) in [5, 5.41) is 19.3. The molecule has 0 amide bonds. The second-order valence-corrected chi connectivity index (χ2v) is 8.54. The quantitative estimate of drug-likeness (QED) is 0.600. The lowest BCUT2D eigenvalue weighted by atomic mass is 9.52. The molecule has 0 heterocycles. The number of carboxylic acid groups (broad SMARTS) is 1.